The molecule has 1 heterocycles. The normalized spacial score (nSPS) is 24.0. The highest BCUT2D eigenvalue weighted by Crippen LogP contribution is 2.31. The number of amides is 5. The van der Waals surface area contributed by atoms with Crippen LogP contribution >= 0.6 is 0 Å². The fourth-order valence-corrected chi connectivity index (χ4v) is 7.49. The predicted octanol–water partition coefficient (Wildman–Crippen LogP) is 0.608. The third-order valence-electron chi connectivity index (χ3n) is 7.96. The van der Waals surface area contributed by atoms with Gasteiger partial charge in [-0.15, -0.1) is 18.9 Å². The zero-order valence-corrected chi connectivity index (χ0v) is 26.0. The molecule has 0 bridgehead atoms. The summed E-state index contributed by atoms with van der Waals surface area (Å²) < 4.78 is 25.3. The second-order valence-electron chi connectivity index (χ2n) is 12.0. The number of likely N-dealkylation sites (tertiary alicyclic amines) is 1. The highest BCUT2D eigenvalue weighted by molar-refractivity contribution is 7.93. The number of urea groups is 1. The monoisotopic (exact) mass is 609 g/mol. The van der Waals surface area contributed by atoms with Crippen LogP contribution in [0.2, 0.25) is 0 Å². The standard InChI is InChI=1S/C29H47N5O7S/c1-7-9-12-21(25(36)27(38)30-16-8-2)32-26(37)24-19(3)15-17-34(24)23(35)18-31-28(39)33-20-13-10-11-14-22(20)42(40,41)29(4,5)6/h1,8,19-22,24-25,36H,2,9-18H2,3-6H3,(H,30,38)(H,32,37)(H2,31,33,39)/t19-,20-,21?,22+,24-,25?/m0/s1. The first-order chi connectivity index (χ1) is 19.6. The van der Waals surface area contributed by atoms with Crippen molar-refractivity contribution in [3.63, 3.8) is 0 Å². The Labute approximate surface area is 249 Å². The molecule has 13 heteroatoms. The van der Waals surface area contributed by atoms with Gasteiger partial charge in [0.2, 0.25) is 11.8 Å². The van der Waals surface area contributed by atoms with Crippen LogP contribution in [0.5, 0.6) is 0 Å². The van der Waals surface area contributed by atoms with Crippen LogP contribution in [0.1, 0.15) is 72.6 Å². The molecular formula is C29H47N5O7S. The minimum Gasteiger partial charge on any atom is -0.381 e. The molecule has 236 valence electrons. The van der Waals surface area contributed by atoms with E-state index in [1.54, 1.807) is 20.8 Å². The van der Waals surface area contributed by atoms with Crippen molar-refractivity contribution in [3.05, 3.63) is 12.7 Å². The quantitative estimate of drug-likeness (QED) is 0.159. The number of nitrogens with zero attached hydrogens (tertiary/aromatic N) is 1. The Morgan fingerprint density at radius 3 is 2.43 bits per heavy atom. The zero-order valence-electron chi connectivity index (χ0n) is 25.1. The molecule has 0 spiro atoms. The number of nitrogens with one attached hydrogen (secondary N) is 4. The molecule has 0 aromatic heterocycles. The molecule has 0 radical (unpaired) electrons. The van der Waals surface area contributed by atoms with Gasteiger partial charge in [-0.1, -0.05) is 25.8 Å². The minimum absolute atomic E-state index is 0.141. The average molecular weight is 610 g/mol. The lowest BCUT2D eigenvalue weighted by Gasteiger charge is -2.36. The zero-order chi connectivity index (χ0) is 31.7. The van der Waals surface area contributed by atoms with E-state index in [0.717, 1.165) is 12.8 Å². The number of carbonyl (C=O) groups is 4. The van der Waals surface area contributed by atoms with Gasteiger partial charge in [0.25, 0.3) is 5.91 Å². The maximum absolute atomic E-state index is 13.3. The van der Waals surface area contributed by atoms with E-state index in [2.05, 4.69) is 33.8 Å². The lowest BCUT2D eigenvalue weighted by atomic mass is 9.95. The van der Waals surface area contributed by atoms with Crippen molar-refractivity contribution in [3.8, 4) is 12.3 Å². The maximum Gasteiger partial charge on any atom is 0.315 e. The van der Waals surface area contributed by atoms with Gasteiger partial charge >= 0.3 is 6.03 Å². The van der Waals surface area contributed by atoms with E-state index in [1.807, 2.05) is 6.92 Å². The summed E-state index contributed by atoms with van der Waals surface area (Å²) in [5, 5.41) is 20.3. The second-order valence-corrected chi connectivity index (χ2v) is 15.0. The Kier molecular flexibility index (Phi) is 12.9. The van der Waals surface area contributed by atoms with Crippen molar-refractivity contribution in [1.29, 1.82) is 0 Å². The molecule has 0 aromatic rings. The number of carbonyl (C=O) groups excluding carboxylic acids is 4. The Hall–Kier alpha value is -3.11. The maximum atomic E-state index is 13.3. The van der Waals surface area contributed by atoms with Crippen LogP contribution in [0, 0.1) is 18.3 Å². The van der Waals surface area contributed by atoms with Gasteiger partial charge in [-0.05, 0) is 52.4 Å². The minimum atomic E-state index is -3.51. The molecule has 2 rings (SSSR count). The molecule has 5 amide bonds. The molecule has 12 nitrogen and oxygen atoms in total. The number of terminal acetylenes is 1. The van der Waals surface area contributed by atoms with E-state index >= 15 is 0 Å². The van der Waals surface area contributed by atoms with Crippen molar-refractivity contribution in [2.45, 2.75) is 107 Å². The third-order valence-corrected chi connectivity index (χ3v) is 11.0. The van der Waals surface area contributed by atoms with Crippen LogP contribution in [0.25, 0.3) is 0 Å². The highest BCUT2D eigenvalue weighted by atomic mass is 32.2. The van der Waals surface area contributed by atoms with Crippen molar-refractivity contribution < 1.29 is 32.7 Å². The second kappa shape index (κ2) is 15.4. The van der Waals surface area contributed by atoms with Crippen LogP contribution in [0.15, 0.2) is 12.7 Å². The molecule has 1 aliphatic carbocycles. The van der Waals surface area contributed by atoms with E-state index < -0.39 is 74.4 Å². The van der Waals surface area contributed by atoms with Crippen LogP contribution in [0.3, 0.4) is 0 Å². The number of hydrogen-bond acceptors (Lipinski definition) is 7. The van der Waals surface area contributed by atoms with Gasteiger partial charge in [-0.25, -0.2) is 13.2 Å². The SMILES string of the molecule is C#CCCC(NC(=O)[C@@H]1[C@@H](C)CCN1C(=O)CNC(=O)N[C@H]1CCCC[C@H]1S(=O)(=O)C(C)(C)C)C(O)C(=O)NCC=C. The molecule has 2 unspecified atom stereocenters. The first-order valence-electron chi connectivity index (χ1n) is 14.5. The van der Waals surface area contributed by atoms with E-state index in [0.29, 0.717) is 19.3 Å². The van der Waals surface area contributed by atoms with Crippen molar-refractivity contribution in [1.82, 2.24) is 26.2 Å². The molecule has 1 saturated carbocycles. The number of sulfone groups is 1. The molecule has 42 heavy (non-hydrogen) atoms. The molecule has 2 fully saturated rings. The number of aliphatic hydroxyl groups is 1. The van der Waals surface area contributed by atoms with Gasteiger partial charge in [0.1, 0.15) is 6.04 Å². The predicted molar refractivity (Wildman–Crippen MR) is 160 cm³/mol. The van der Waals surface area contributed by atoms with Crippen molar-refractivity contribution in [2.75, 3.05) is 19.6 Å². The van der Waals surface area contributed by atoms with Crippen molar-refractivity contribution in [2.24, 2.45) is 5.92 Å². The fourth-order valence-electron chi connectivity index (χ4n) is 5.47. The number of hydrogen-bond donors (Lipinski definition) is 5. The number of rotatable bonds is 12. The summed E-state index contributed by atoms with van der Waals surface area (Å²) in [6.07, 6.45) is 8.67. The lowest BCUT2D eigenvalue weighted by Crippen LogP contribution is -2.57. The third kappa shape index (κ3) is 8.94. The average Bonchev–Trinajstić information content (AvgIpc) is 3.33. The molecule has 5 N–H and O–H groups in total. The summed E-state index contributed by atoms with van der Waals surface area (Å²) in [5.41, 5.74) is 0. The first-order valence-corrected chi connectivity index (χ1v) is 16.1. The lowest BCUT2D eigenvalue weighted by molar-refractivity contribution is -0.140. The molecule has 1 aliphatic heterocycles. The van der Waals surface area contributed by atoms with E-state index in [1.165, 1.54) is 11.0 Å². The van der Waals surface area contributed by atoms with Gasteiger partial charge in [0.05, 0.1) is 22.6 Å². The van der Waals surface area contributed by atoms with Gasteiger partial charge in [-0.2, -0.15) is 0 Å². The van der Waals surface area contributed by atoms with Gasteiger partial charge < -0.3 is 31.3 Å². The van der Waals surface area contributed by atoms with E-state index in [9.17, 15) is 32.7 Å². The first kappa shape index (κ1) is 35.1. The van der Waals surface area contributed by atoms with Gasteiger partial charge in [-0.3, -0.25) is 14.4 Å². The molecule has 2 aliphatic rings. The Morgan fingerprint density at radius 2 is 1.81 bits per heavy atom. The largest absolute Gasteiger partial charge is 0.381 e. The van der Waals surface area contributed by atoms with Gasteiger partial charge in [0, 0.05) is 25.6 Å². The molecule has 6 atom stereocenters. The fraction of sp³-hybridized carbons (Fsp3) is 0.724. The smallest absolute Gasteiger partial charge is 0.315 e. The van der Waals surface area contributed by atoms with Crippen LogP contribution in [-0.2, 0) is 24.2 Å². The summed E-state index contributed by atoms with van der Waals surface area (Å²) in [5.74, 6) is 0.516. The summed E-state index contributed by atoms with van der Waals surface area (Å²) in [7, 11) is -3.51. The Bertz CT molecular complexity index is 1140. The summed E-state index contributed by atoms with van der Waals surface area (Å²) in [6, 6.07) is -3.07. The van der Waals surface area contributed by atoms with Gasteiger partial charge in [0.15, 0.2) is 15.9 Å². The molecule has 1 saturated heterocycles. The van der Waals surface area contributed by atoms with Crippen molar-refractivity contribution >= 4 is 33.6 Å². The van der Waals surface area contributed by atoms with Crippen LogP contribution < -0.4 is 21.3 Å². The Morgan fingerprint density at radius 1 is 1.14 bits per heavy atom. The summed E-state index contributed by atoms with van der Waals surface area (Å²) in [4.78, 5) is 52.9. The van der Waals surface area contributed by atoms with Crippen LogP contribution in [-0.4, -0.2) is 96.0 Å². The van der Waals surface area contributed by atoms with Crippen LogP contribution in [0.4, 0.5) is 4.79 Å². The molecule has 0 aromatic carbocycles. The highest BCUT2D eigenvalue weighted by Gasteiger charge is 2.44. The van der Waals surface area contributed by atoms with E-state index in [4.69, 9.17) is 6.42 Å². The van der Waals surface area contributed by atoms with E-state index in [-0.39, 0.29) is 31.8 Å². The molecular weight excluding hydrogens is 562 g/mol. The topological polar surface area (TPSA) is 174 Å². The summed E-state index contributed by atoms with van der Waals surface area (Å²) in [6.45, 7) is 10.3. The number of aliphatic hydroxyl groups excluding tert-OH is 1. The Balaban J connectivity index is 2.04. The summed E-state index contributed by atoms with van der Waals surface area (Å²) >= 11 is 0.